The molecule has 2 nitrogen and oxygen atoms in total. The second kappa shape index (κ2) is 5.94. The molecule has 1 aromatic carbocycles. The second-order valence-electron chi connectivity index (χ2n) is 4.51. The summed E-state index contributed by atoms with van der Waals surface area (Å²) >= 11 is 12.0. The van der Waals surface area contributed by atoms with Crippen molar-refractivity contribution in [2.75, 3.05) is 31.1 Å². The molecule has 17 heavy (non-hydrogen) atoms. The van der Waals surface area contributed by atoms with E-state index in [4.69, 9.17) is 23.2 Å². The van der Waals surface area contributed by atoms with E-state index in [0.29, 0.717) is 10.0 Å². The maximum atomic E-state index is 6.04. The Balaban J connectivity index is 1.97. The van der Waals surface area contributed by atoms with Crippen LogP contribution in [0.2, 0.25) is 10.0 Å². The zero-order chi connectivity index (χ0) is 12.3. The zero-order valence-corrected chi connectivity index (χ0v) is 11.6. The van der Waals surface area contributed by atoms with Crippen molar-refractivity contribution in [3.05, 3.63) is 28.2 Å². The van der Waals surface area contributed by atoms with Crippen LogP contribution in [0.15, 0.2) is 18.2 Å². The maximum absolute atomic E-state index is 6.04. The minimum Gasteiger partial charge on any atom is -0.371 e. The molecule has 0 amide bonds. The average molecular weight is 273 g/mol. The largest absolute Gasteiger partial charge is 0.371 e. The minimum atomic E-state index is 0.624. The fraction of sp³-hybridized carbons (Fsp3) is 0.538. The standard InChI is InChI=1S/C13H18Cl2N2/c1-2-16-8-10-5-6-17(9-10)11-3-4-12(14)13(15)7-11/h3-4,7,10,16H,2,5-6,8-9H2,1H3. The van der Waals surface area contributed by atoms with Gasteiger partial charge in [-0.25, -0.2) is 0 Å². The minimum absolute atomic E-state index is 0.624. The molecule has 94 valence electrons. The first-order chi connectivity index (χ1) is 8.20. The van der Waals surface area contributed by atoms with E-state index in [2.05, 4.69) is 17.1 Å². The monoisotopic (exact) mass is 272 g/mol. The van der Waals surface area contributed by atoms with E-state index in [1.165, 1.54) is 12.1 Å². The molecule has 0 aliphatic carbocycles. The van der Waals surface area contributed by atoms with Gasteiger partial charge in [0.05, 0.1) is 10.0 Å². The Morgan fingerprint density at radius 1 is 1.35 bits per heavy atom. The Morgan fingerprint density at radius 3 is 2.88 bits per heavy atom. The number of hydrogen-bond acceptors (Lipinski definition) is 2. The summed E-state index contributed by atoms with van der Waals surface area (Å²) in [6.45, 7) is 6.50. The molecule has 1 aromatic rings. The van der Waals surface area contributed by atoms with Crippen LogP contribution in [0.1, 0.15) is 13.3 Å². The van der Waals surface area contributed by atoms with Gasteiger partial charge in [0.1, 0.15) is 0 Å². The van der Waals surface area contributed by atoms with Crippen LogP contribution < -0.4 is 10.2 Å². The van der Waals surface area contributed by atoms with Crippen LogP contribution in [0.25, 0.3) is 0 Å². The van der Waals surface area contributed by atoms with Gasteiger partial charge in [0.15, 0.2) is 0 Å². The van der Waals surface area contributed by atoms with Crippen molar-refractivity contribution in [1.29, 1.82) is 0 Å². The third-order valence-electron chi connectivity index (χ3n) is 3.24. The first kappa shape index (κ1) is 13.0. The van der Waals surface area contributed by atoms with Gasteiger partial charge in [-0.15, -0.1) is 0 Å². The Morgan fingerprint density at radius 2 is 2.18 bits per heavy atom. The van der Waals surface area contributed by atoms with Gasteiger partial charge < -0.3 is 10.2 Å². The van der Waals surface area contributed by atoms with E-state index in [-0.39, 0.29) is 0 Å². The first-order valence-electron chi connectivity index (χ1n) is 6.11. The number of nitrogens with zero attached hydrogens (tertiary/aromatic N) is 1. The fourth-order valence-corrected chi connectivity index (χ4v) is 2.56. The molecule has 1 unspecified atom stereocenters. The van der Waals surface area contributed by atoms with Crippen molar-refractivity contribution >= 4 is 28.9 Å². The van der Waals surface area contributed by atoms with Crippen LogP contribution >= 0.6 is 23.2 Å². The Hall–Kier alpha value is -0.440. The lowest BCUT2D eigenvalue weighted by Gasteiger charge is -2.19. The van der Waals surface area contributed by atoms with E-state index in [1.54, 1.807) is 0 Å². The van der Waals surface area contributed by atoms with Crippen molar-refractivity contribution in [2.45, 2.75) is 13.3 Å². The molecule has 1 N–H and O–H groups in total. The number of rotatable bonds is 4. The van der Waals surface area contributed by atoms with Crippen molar-refractivity contribution < 1.29 is 0 Å². The highest BCUT2D eigenvalue weighted by Gasteiger charge is 2.22. The van der Waals surface area contributed by atoms with Crippen molar-refractivity contribution in [3.63, 3.8) is 0 Å². The summed E-state index contributed by atoms with van der Waals surface area (Å²) < 4.78 is 0. The summed E-state index contributed by atoms with van der Waals surface area (Å²) in [6, 6.07) is 5.88. The van der Waals surface area contributed by atoms with Gasteiger partial charge in [0.2, 0.25) is 0 Å². The summed E-state index contributed by atoms with van der Waals surface area (Å²) in [5, 5.41) is 4.67. The molecular formula is C13H18Cl2N2. The number of halogens is 2. The topological polar surface area (TPSA) is 15.3 Å². The van der Waals surface area contributed by atoms with Gasteiger partial charge in [-0.3, -0.25) is 0 Å². The van der Waals surface area contributed by atoms with Gasteiger partial charge in [0.25, 0.3) is 0 Å². The highest BCUT2D eigenvalue weighted by atomic mass is 35.5. The second-order valence-corrected chi connectivity index (χ2v) is 5.32. The number of benzene rings is 1. The lowest BCUT2D eigenvalue weighted by molar-refractivity contribution is 0.528. The van der Waals surface area contributed by atoms with Crippen LogP contribution in [0.4, 0.5) is 5.69 Å². The molecule has 0 aromatic heterocycles. The van der Waals surface area contributed by atoms with Crippen LogP contribution in [0, 0.1) is 5.92 Å². The predicted octanol–water partition coefficient (Wildman–Crippen LogP) is 3.43. The fourth-order valence-electron chi connectivity index (χ4n) is 2.26. The Bertz CT molecular complexity index is 382. The molecule has 1 saturated heterocycles. The summed E-state index contributed by atoms with van der Waals surface area (Å²) in [5.41, 5.74) is 1.18. The average Bonchev–Trinajstić information content (AvgIpc) is 2.79. The summed E-state index contributed by atoms with van der Waals surface area (Å²) in [5.74, 6) is 0.740. The highest BCUT2D eigenvalue weighted by Crippen LogP contribution is 2.30. The molecule has 1 heterocycles. The third kappa shape index (κ3) is 3.27. The summed E-state index contributed by atoms with van der Waals surface area (Å²) in [4.78, 5) is 2.38. The molecule has 4 heteroatoms. The van der Waals surface area contributed by atoms with Gasteiger partial charge in [-0.05, 0) is 43.6 Å². The van der Waals surface area contributed by atoms with Crippen LogP contribution in [0.3, 0.4) is 0 Å². The van der Waals surface area contributed by atoms with Crippen molar-refractivity contribution in [1.82, 2.24) is 5.32 Å². The summed E-state index contributed by atoms with van der Waals surface area (Å²) in [6.07, 6.45) is 1.24. The quantitative estimate of drug-likeness (QED) is 0.904. The van der Waals surface area contributed by atoms with Gasteiger partial charge in [0, 0.05) is 18.8 Å². The Kier molecular flexibility index (Phi) is 4.55. The van der Waals surface area contributed by atoms with Crippen molar-refractivity contribution in [3.8, 4) is 0 Å². The molecule has 0 spiro atoms. The molecule has 0 saturated carbocycles. The normalized spacial score (nSPS) is 19.9. The number of anilines is 1. The Labute approximate surface area is 113 Å². The highest BCUT2D eigenvalue weighted by molar-refractivity contribution is 6.42. The van der Waals surface area contributed by atoms with Crippen molar-refractivity contribution in [2.24, 2.45) is 5.92 Å². The summed E-state index contributed by atoms with van der Waals surface area (Å²) in [7, 11) is 0. The lowest BCUT2D eigenvalue weighted by atomic mass is 10.1. The molecular weight excluding hydrogens is 255 g/mol. The van der Waals surface area contributed by atoms with E-state index in [0.717, 1.165) is 32.1 Å². The molecule has 0 radical (unpaired) electrons. The molecule has 0 bridgehead atoms. The van der Waals surface area contributed by atoms with Gasteiger partial charge in [-0.1, -0.05) is 30.1 Å². The van der Waals surface area contributed by atoms with E-state index < -0.39 is 0 Å². The SMILES string of the molecule is CCNCC1CCN(c2ccc(Cl)c(Cl)c2)C1. The van der Waals surface area contributed by atoms with Gasteiger partial charge >= 0.3 is 0 Å². The van der Waals surface area contributed by atoms with E-state index in [9.17, 15) is 0 Å². The number of hydrogen-bond donors (Lipinski definition) is 1. The molecule has 1 fully saturated rings. The third-order valence-corrected chi connectivity index (χ3v) is 3.98. The smallest absolute Gasteiger partial charge is 0.0612 e. The van der Waals surface area contributed by atoms with E-state index >= 15 is 0 Å². The van der Waals surface area contributed by atoms with Crippen LogP contribution in [-0.4, -0.2) is 26.2 Å². The van der Waals surface area contributed by atoms with Gasteiger partial charge in [-0.2, -0.15) is 0 Å². The predicted molar refractivity (Wildman–Crippen MR) is 75.3 cm³/mol. The molecule has 1 aliphatic heterocycles. The molecule has 2 rings (SSSR count). The lowest BCUT2D eigenvalue weighted by Crippen LogP contribution is -2.26. The molecule has 1 atom stereocenters. The van der Waals surface area contributed by atoms with Crippen LogP contribution in [-0.2, 0) is 0 Å². The molecule has 1 aliphatic rings. The zero-order valence-electron chi connectivity index (χ0n) is 10.0. The van der Waals surface area contributed by atoms with Crippen LogP contribution in [0.5, 0.6) is 0 Å². The maximum Gasteiger partial charge on any atom is 0.0612 e. The number of nitrogens with one attached hydrogen (secondary N) is 1. The first-order valence-corrected chi connectivity index (χ1v) is 6.87. The van der Waals surface area contributed by atoms with E-state index in [1.807, 2.05) is 18.2 Å².